The number of carbonyl (C=O) groups is 2. The molecule has 1 fully saturated rings. The van der Waals surface area contributed by atoms with E-state index in [2.05, 4.69) is 17.2 Å². The van der Waals surface area contributed by atoms with E-state index in [0.29, 0.717) is 12.8 Å². The molecule has 0 spiro atoms. The second-order valence-corrected chi connectivity index (χ2v) is 6.76. The molecule has 108 valence electrons. The first kappa shape index (κ1) is 15.5. The van der Waals surface area contributed by atoms with Crippen LogP contribution in [0.5, 0.6) is 0 Å². The molecule has 1 heterocycles. The first-order chi connectivity index (χ1) is 8.84. The Morgan fingerprint density at radius 1 is 1.37 bits per heavy atom. The molecule has 0 saturated carbocycles. The van der Waals surface area contributed by atoms with Gasteiger partial charge >= 0.3 is 12.0 Å². The van der Waals surface area contributed by atoms with E-state index in [1.165, 1.54) is 6.08 Å². The highest BCUT2D eigenvalue weighted by atomic mass is 32.2. The van der Waals surface area contributed by atoms with E-state index in [9.17, 15) is 18.0 Å². The zero-order chi connectivity index (χ0) is 14.5. The molecule has 19 heavy (non-hydrogen) atoms. The normalized spacial score (nSPS) is 20.2. The fraction of sp³-hybridized carbons (Fsp3) is 0.636. The Morgan fingerprint density at radius 2 is 1.95 bits per heavy atom. The van der Waals surface area contributed by atoms with Gasteiger partial charge in [0, 0.05) is 6.04 Å². The van der Waals surface area contributed by atoms with Crippen LogP contribution in [0.15, 0.2) is 12.7 Å². The fourth-order valence-electron chi connectivity index (χ4n) is 1.81. The zero-order valence-electron chi connectivity index (χ0n) is 10.5. The Balaban J connectivity index is 2.43. The van der Waals surface area contributed by atoms with Gasteiger partial charge in [0.1, 0.15) is 15.9 Å². The lowest BCUT2D eigenvalue weighted by Crippen LogP contribution is -2.50. The van der Waals surface area contributed by atoms with E-state index in [1.54, 1.807) is 0 Å². The van der Waals surface area contributed by atoms with Crippen molar-refractivity contribution in [1.29, 1.82) is 0 Å². The quantitative estimate of drug-likeness (QED) is 0.612. The second kappa shape index (κ2) is 6.55. The Bertz CT molecular complexity index is 446. The monoisotopic (exact) mass is 290 g/mol. The number of nitrogens with one attached hydrogen (secondary N) is 2. The number of sulfone groups is 1. The lowest BCUT2D eigenvalue weighted by atomic mass is 10.1. The van der Waals surface area contributed by atoms with Gasteiger partial charge < -0.3 is 15.7 Å². The summed E-state index contributed by atoms with van der Waals surface area (Å²) < 4.78 is 22.4. The van der Waals surface area contributed by atoms with Crippen LogP contribution in [0.4, 0.5) is 4.79 Å². The molecule has 1 unspecified atom stereocenters. The summed E-state index contributed by atoms with van der Waals surface area (Å²) >= 11 is 0. The summed E-state index contributed by atoms with van der Waals surface area (Å²) in [6.07, 6.45) is 2.25. The molecule has 0 bridgehead atoms. The van der Waals surface area contributed by atoms with Crippen molar-refractivity contribution in [2.75, 3.05) is 11.5 Å². The third kappa shape index (κ3) is 5.29. The Labute approximate surface area is 112 Å². The van der Waals surface area contributed by atoms with Crippen molar-refractivity contribution < 1.29 is 23.1 Å². The van der Waals surface area contributed by atoms with Gasteiger partial charge in [-0.05, 0) is 19.3 Å². The standard InChI is InChI=1S/C11H18N2O5S/c1-2-3-9(10(14)15)13-11(16)12-8-4-6-19(17,18)7-5-8/h2,8-9H,1,3-7H2,(H,14,15)(H2,12,13,16). The Morgan fingerprint density at radius 3 is 2.42 bits per heavy atom. The van der Waals surface area contributed by atoms with E-state index in [0.717, 1.165) is 0 Å². The van der Waals surface area contributed by atoms with Gasteiger partial charge in [0.15, 0.2) is 0 Å². The molecule has 3 N–H and O–H groups in total. The predicted molar refractivity (Wildman–Crippen MR) is 69.6 cm³/mol. The lowest BCUT2D eigenvalue weighted by molar-refractivity contribution is -0.139. The molecular weight excluding hydrogens is 272 g/mol. The molecule has 0 aliphatic carbocycles. The lowest BCUT2D eigenvalue weighted by Gasteiger charge is -2.24. The summed E-state index contributed by atoms with van der Waals surface area (Å²) in [6.45, 7) is 3.42. The summed E-state index contributed by atoms with van der Waals surface area (Å²) in [5.74, 6) is -1.04. The number of urea groups is 1. The third-order valence-electron chi connectivity index (χ3n) is 2.90. The van der Waals surface area contributed by atoms with Crippen molar-refractivity contribution in [1.82, 2.24) is 10.6 Å². The average molecular weight is 290 g/mol. The molecule has 1 atom stereocenters. The summed E-state index contributed by atoms with van der Waals surface area (Å²) in [4.78, 5) is 22.4. The van der Waals surface area contributed by atoms with Crippen LogP contribution >= 0.6 is 0 Å². The van der Waals surface area contributed by atoms with Crippen LogP contribution in [0.3, 0.4) is 0 Å². The highest BCUT2D eigenvalue weighted by Gasteiger charge is 2.26. The molecule has 2 amide bonds. The van der Waals surface area contributed by atoms with E-state index in [4.69, 9.17) is 5.11 Å². The SMILES string of the molecule is C=CCC(NC(=O)NC1CCS(=O)(=O)CC1)C(=O)O. The maximum atomic E-state index is 11.6. The number of amides is 2. The molecular formula is C11H18N2O5S. The molecule has 0 radical (unpaired) electrons. The van der Waals surface area contributed by atoms with Gasteiger partial charge in [-0.3, -0.25) is 0 Å². The Kier molecular flexibility index (Phi) is 5.34. The molecule has 8 heteroatoms. The van der Waals surface area contributed by atoms with Crippen molar-refractivity contribution in [3.05, 3.63) is 12.7 Å². The molecule has 1 aliphatic rings. The highest BCUT2D eigenvalue weighted by molar-refractivity contribution is 7.91. The van der Waals surface area contributed by atoms with Gasteiger partial charge in [-0.2, -0.15) is 0 Å². The minimum Gasteiger partial charge on any atom is -0.480 e. The topological polar surface area (TPSA) is 113 Å². The van der Waals surface area contributed by atoms with Gasteiger partial charge in [0.05, 0.1) is 11.5 Å². The molecule has 0 aromatic heterocycles. The predicted octanol–water partition coefficient (Wildman–Crippen LogP) is -0.108. The average Bonchev–Trinajstić information content (AvgIpc) is 2.31. The number of aliphatic carboxylic acids is 1. The largest absolute Gasteiger partial charge is 0.480 e. The summed E-state index contributed by atoms with van der Waals surface area (Å²) in [5.41, 5.74) is 0. The molecule has 7 nitrogen and oxygen atoms in total. The van der Waals surface area contributed by atoms with Crippen molar-refractivity contribution in [2.45, 2.75) is 31.3 Å². The van der Waals surface area contributed by atoms with Crippen molar-refractivity contribution in [3.8, 4) is 0 Å². The number of carboxylic acid groups (broad SMARTS) is 1. The van der Waals surface area contributed by atoms with E-state index >= 15 is 0 Å². The molecule has 1 saturated heterocycles. The van der Waals surface area contributed by atoms with E-state index in [1.807, 2.05) is 0 Å². The molecule has 0 aromatic rings. The van der Waals surface area contributed by atoms with Crippen molar-refractivity contribution in [3.63, 3.8) is 0 Å². The third-order valence-corrected chi connectivity index (χ3v) is 4.61. The summed E-state index contributed by atoms with van der Waals surface area (Å²) in [7, 11) is -2.98. The smallest absolute Gasteiger partial charge is 0.326 e. The van der Waals surface area contributed by atoms with Gasteiger partial charge in [0.2, 0.25) is 0 Å². The van der Waals surface area contributed by atoms with Crippen LogP contribution in [0, 0.1) is 0 Å². The summed E-state index contributed by atoms with van der Waals surface area (Å²) in [6, 6.07) is -1.86. The van der Waals surface area contributed by atoms with Crippen LogP contribution in [0.1, 0.15) is 19.3 Å². The van der Waals surface area contributed by atoms with Crippen LogP contribution in [-0.2, 0) is 14.6 Å². The Hall–Kier alpha value is -1.57. The molecule has 1 aliphatic heterocycles. The van der Waals surface area contributed by atoms with Crippen LogP contribution in [0.25, 0.3) is 0 Å². The maximum absolute atomic E-state index is 11.6. The molecule has 0 aromatic carbocycles. The van der Waals surface area contributed by atoms with Crippen LogP contribution in [0.2, 0.25) is 0 Å². The van der Waals surface area contributed by atoms with Gasteiger partial charge in [-0.1, -0.05) is 6.08 Å². The van der Waals surface area contributed by atoms with Gasteiger partial charge in [-0.15, -0.1) is 6.58 Å². The summed E-state index contributed by atoms with van der Waals surface area (Å²) in [5, 5.41) is 13.8. The minimum atomic E-state index is -2.98. The number of hydrogen-bond acceptors (Lipinski definition) is 4. The van der Waals surface area contributed by atoms with Gasteiger partial charge in [0.25, 0.3) is 0 Å². The van der Waals surface area contributed by atoms with Gasteiger partial charge in [-0.25, -0.2) is 18.0 Å². The highest BCUT2D eigenvalue weighted by Crippen LogP contribution is 2.11. The first-order valence-corrected chi connectivity index (χ1v) is 7.77. The van der Waals surface area contributed by atoms with Crippen LogP contribution < -0.4 is 10.6 Å². The first-order valence-electron chi connectivity index (χ1n) is 5.95. The van der Waals surface area contributed by atoms with E-state index in [-0.39, 0.29) is 24.0 Å². The molecule has 1 rings (SSSR count). The zero-order valence-corrected chi connectivity index (χ0v) is 11.3. The van der Waals surface area contributed by atoms with Crippen molar-refractivity contribution >= 4 is 21.8 Å². The van der Waals surface area contributed by atoms with Crippen LogP contribution in [-0.4, -0.2) is 49.1 Å². The number of carboxylic acids is 1. The van der Waals surface area contributed by atoms with Crippen molar-refractivity contribution in [2.24, 2.45) is 0 Å². The van der Waals surface area contributed by atoms with E-state index < -0.39 is 27.9 Å². The number of rotatable bonds is 5. The fourth-order valence-corrected chi connectivity index (χ4v) is 3.30. The number of hydrogen-bond donors (Lipinski definition) is 3. The number of carbonyl (C=O) groups excluding carboxylic acids is 1. The minimum absolute atomic E-state index is 0.0486. The second-order valence-electron chi connectivity index (χ2n) is 4.46. The maximum Gasteiger partial charge on any atom is 0.326 e.